The molecule has 1 amide bonds. The predicted molar refractivity (Wildman–Crippen MR) is 96.8 cm³/mol. The van der Waals surface area contributed by atoms with Crippen LogP contribution in [0, 0.1) is 16.0 Å². The Labute approximate surface area is 147 Å². The third kappa shape index (κ3) is 3.92. The number of carbonyl (C=O) groups excluding carboxylic acids is 1. The molecule has 7 heteroatoms. The molecule has 1 aromatic carbocycles. The summed E-state index contributed by atoms with van der Waals surface area (Å²) in [4.78, 5) is 25.7. The fourth-order valence-electron chi connectivity index (χ4n) is 3.97. The van der Waals surface area contributed by atoms with Crippen molar-refractivity contribution in [2.45, 2.75) is 44.6 Å². The number of nitro groups is 1. The Hall–Kier alpha value is -2.15. The van der Waals surface area contributed by atoms with Crippen molar-refractivity contribution < 1.29 is 9.72 Å². The first kappa shape index (κ1) is 17.7. The third-order valence-corrected chi connectivity index (χ3v) is 5.41. The highest BCUT2D eigenvalue weighted by atomic mass is 16.6. The summed E-state index contributed by atoms with van der Waals surface area (Å²) in [5.74, 6) is 0.0398. The van der Waals surface area contributed by atoms with E-state index in [1.807, 2.05) is 4.90 Å². The van der Waals surface area contributed by atoms with E-state index < -0.39 is 4.92 Å². The lowest BCUT2D eigenvalue weighted by atomic mass is 9.84. The van der Waals surface area contributed by atoms with Crippen molar-refractivity contribution in [2.24, 2.45) is 11.7 Å². The van der Waals surface area contributed by atoms with Gasteiger partial charge in [0.2, 0.25) is 0 Å². The van der Waals surface area contributed by atoms with Crippen LogP contribution in [0.3, 0.4) is 0 Å². The summed E-state index contributed by atoms with van der Waals surface area (Å²) in [5, 5.41) is 14.5. The van der Waals surface area contributed by atoms with Crippen LogP contribution in [0.5, 0.6) is 0 Å². The predicted octanol–water partition coefficient (Wildman–Crippen LogP) is 2.44. The van der Waals surface area contributed by atoms with Crippen molar-refractivity contribution in [1.29, 1.82) is 0 Å². The zero-order valence-corrected chi connectivity index (χ0v) is 14.4. The Morgan fingerprint density at radius 2 is 1.96 bits per heavy atom. The highest BCUT2D eigenvalue weighted by molar-refractivity contribution is 5.96. The van der Waals surface area contributed by atoms with E-state index in [9.17, 15) is 14.9 Å². The maximum atomic E-state index is 12.6. The topological polar surface area (TPSA) is 102 Å². The van der Waals surface area contributed by atoms with Crippen LogP contribution in [0.4, 0.5) is 11.4 Å². The van der Waals surface area contributed by atoms with Gasteiger partial charge in [0.25, 0.3) is 11.6 Å². The largest absolute Gasteiger partial charge is 0.366 e. The van der Waals surface area contributed by atoms with Gasteiger partial charge in [-0.25, -0.2) is 0 Å². The molecule has 0 bridgehead atoms. The van der Waals surface area contributed by atoms with Crippen LogP contribution in [0.25, 0.3) is 0 Å². The van der Waals surface area contributed by atoms with E-state index in [2.05, 4.69) is 5.32 Å². The fourth-order valence-corrected chi connectivity index (χ4v) is 3.97. The molecule has 136 valence electrons. The fraction of sp³-hybridized carbons (Fsp3) is 0.611. The van der Waals surface area contributed by atoms with Crippen molar-refractivity contribution >= 4 is 17.3 Å². The van der Waals surface area contributed by atoms with Gasteiger partial charge in [-0.2, -0.15) is 0 Å². The number of nitrogens with two attached hydrogens (primary N) is 1. The Bertz CT molecular complexity index is 643. The van der Waals surface area contributed by atoms with Gasteiger partial charge in [-0.05, 0) is 50.3 Å². The second kappa shape index (κ2) is 7.82. The van der Waals surface area contributed by atoms with Gasteiger partial charge in [-0.1, -0.05) is 12.8 Å². The number of nitrogens with one attached hydrogen (secondary N) is 1. The Kier molecular flexibility index (Phi) is 5.53. The van der Waals surface area contributed by atoms with Crippen LogP contribution < -0.4 is 16.0 Å². The standard InChI is InChI=1S/C18H26N4O3/c19-12-14-5-1-2-6-15(14)20-18(23)13-7-8-16(17(11-13)22(24)25)21-9-3-4-10-21/h7-8,11,14-15H,1-6,9-10,12,19H2,(H,20,23). The first-order chi connectivity index (χ1) is 12.1. The molecule has 2 atom stereocenters. The zero-order valence-electron chi connectivity index (χ0n) is 14.4. The molecule has 2 unspecified atom stereocenters. The monoisotopic (exact) mass is 346 g/mol. The lowest BCUT2D eigenvalue weighted by molar-refractivity contribution is -0.384. The molecule has 1 aromatic rings. The van der Waals surface area contributed by atoms with E-state index in [1.54, 1.807) is 12.1 Å². The molecule has 1 heterocycles. The van der Waals surface area contributed by atoms with Crippen molar-refractivity contribution in [3.05, 3.63) is 33.9 Å². The average Bonchev–Trinajstić information content (AvgIpc) is 3.16. The smallest absolute Gasteiger partial charge is 0.293 e. The summed E-state index contributed by atoms with van der Waals surface area (Å²) in [6.07, 6.45) is 6.25. The van der Waals surface area contributed by atoms with E-state index in [-0.39, 0.29) is 23.6 Å². The van der Waals surface area contributed by atoms with Crippen LogP contribution >= 0.6 is 0 Å². The molecular weight excluding hydrogens is 320 g/mol. The maximum absolute atomic E-state index is 12.6. The summed E-state index contributed by atoms with van der Waals surface area (Å²) >= 11 is 0. The zero-order chi connectivity index (χ0) is 17.8. The molecule has 0 radical (unpaired) electrons. The number of benzene rings is 1. The molecule has 1 aliphatic heterocycles. The van der Waals surface area contributed by atoms with Gasteiger partial charge in [0.15, 0.2) is 0 Å². The van der Waals surface area contributed by atoms with E-state index in [0.29, 0.717) is 17.8 Å². The molecule has 0 spiro atoms. The van der Waals surface area contributed by atoms with Crippen LogP contribution in [0.15, 0.2) is 18.2 Å². The van der Waals surface area contributed by atoms with Gasteiger partial charge in [-0.3, -0.25) is 14.9 Å². The molecule has 7 nitrogen and oxygen atoms in total. The van der Waals surface area contributed by atoms with Crippen molar-refractivity contribution in [1.82, 2.24) is 5.32 Å². The summed E-state index contributed by atoms with van der Waals surface area (Å²) in [6.45, 7) is 2.21. The lowest BCUT2D eigenvalue weighted by Gasteiger charge is -2.31. The van der Waals surface area contributed by atoms with Gasteiger partial charge in [0.1, 0.15) is 5.69 Å². The second-order valence-corrected chi connectivity index (χ2v) is 7.01. The molecule has 25 heavy (non-hydrogen) atoms. The normalized spacial score (nSPS) is 23.5. The number of hydrogen-bond donors (Lipinski definition) is 2. The molecule has 2 fully saturated rings. The van der Waals surface area contributed by atoms with E-state index in [1.165, 1.54) is 6.07 Å². The first-order valence-corrected chi connectivity index (χ1v) is 9.14. The van der Waals surface area contributed by atoms with E-state index >= 15 is 0 Å². The molecule has 1 saturated heterocycles. The number of hydrogen-bond acceptors (Lipinski definition) is 5. The van der Waals surface area contributed by atoms with Gasteiger partial charge >= 0.3 is 0 Å². The van der Waals surface area contributed by atoms with Crippen LogP contribution in [-0.2, 0) is 0 Å². The quantitative estimate of drug-likeness (QED) is 0.630. The number of carbonyl (C=O) groups is 1. The highest BCUT2D eigenvalue weighted by Crippen LogP contribution is 2.32. The SMILES string of the molecule is NCC1CCCCC1NC(=O)c1ccc(N2CCCC2)c([N+](=O)[O-])c1. The lowest BCUT2D eigenvalue weighted by Crippen LogP contribution is -2.44. The second-order valence-electron chi connectivity index (χ2n) is 7.01. The highest BCUT2D eigenvalue weighted by Gasteiger charge is 2.27. The summed E-state index contributed by atoms with van der Waals surface area (Å²) < 4.78 is 0. The average molecular weight is 346 g/mol. The summed E-state index contributed by atoms with van der Waals surface area (Å²) in [5.41, 5.74) is 6.77. The van der Waals surface area contributed by atoms with E-state index in [0.717, 1.165) is 51.6 Å². The molecule has 1 aliphatic carbocycles. The minimum Gasteiger partial charge on any atom is -0.366 e. The van der Waals surface area contributed by atoms with Crippen molar-refractivity contribution in [2.75, 3.05) is 24.5 Å². The molecular formula is C18H26N4O3. The summed E-state index contributed by atoms with van der Waals surface area (Å²) in [6, 6.07) is 4.86. The number of nitrogens with zero attached hydrogens (tertiary/aromatic N) is 2. The number of rotatable bonds is 5. The maximum Gasteiger partial charge on any atom is 0.293 e. The van der Waals surface area contributed by atoms with Crippen molar-refractivity contribution in [3.63, 3.8) is 0 Å². The Balaban J connectivity index is 1.78. The first-order valence-electron chi connectivity index (χ1n) is 9.14. The molecule has 0 aromatic heterocycles. The minimum atomic E-state index is -0.395. The van der Waals surface area contributed by atoms with Gasteiger partial charge < -0.3 is 16.0 Å². The van der Waals surface area contributed by atoms with Gasteiger partial charge in [0.05, 0.1) is 4.92 Å². The minimum absolute atomic E-state index is 0.00793. The van der Waals surface area contributed by atoms with Crippen LogP contribution in [0.1, 0.15) is 48.9 Å². The van der Waals surface area contributed by atoms with Crippen LogP contribution in [-0.4, -0.2) is 36.5 Å². The third-order valence-electron chi connectivity index (χ3n) is 5.41. The Morgan fingerprint density at radius 3 is 2.64 bits per heavy atom. The number of amides is 1. The molecule has 2 aliphatic rings. The Morgan fingerprint density at radius 1 is 1.24 bits per heavy atom. The molecule has 3 N–H and O–H groups in total. The van der Waals surface area contributed by atoms with E-state index in [4.69, 9.17) is 5.73 Å². The number of anilines is 1. The molecule has 3 rings (SSSR count). The van der Waals surface area contributed by atoms with Gasteiger partial charge in [-0.15, -0.1) is 0 Å². The molecule has 1 saturated carbocycles. The van der Waals surface area contributed by atoms with Crippen LogP contribution in [0.2, 0.25) is 0 Å². The summed E-state index contributed by atoms with van der Waals surface area (Å²) in [7, 11) is 0. The van der Waals surface area contributed by atoms with Gasteiger partial charge in [0, 0.05) is 30.8 Å². The van der Waals surface area contributed by atoms with Crippen molar-refractivity contribution in [3.8, 4) is 0 Å². The number of nitro benzene ring substituents is 1.